The van der Waals surface area contributed by atoms with Crippen LogP contribution < -0.4 is 10.6 Å². The number of ether oxygens (including phenoxy) is 1. The van der Waals surface area contributed by atoms with Gasteiger partial charge in [0.1, 0.15) is 18.1 Å². The van der Waals surface area contributed by atoms with Gasteiger partial charge in [0, 0.05) is 30.1 Å². The number of aryl methyl sites for hydroxylation is 2. The standard InChI is InChI=1S/C24H26N7O9P/c1-4-8-30(24(34)38-13-40-41(35,36)37)23(33)17-11-31-20(15(17)3)21(25-12-26-31)27-18-10-16(6-5-14(18)2)22(32)28-19-7-9-39-29-19/h5-7,9-12H,4,8,13H2,1-3H3,(H,25,26,27)(H,28,29,32)(H2,35,36,37). The first-order valence-corrected chi connectivity index (χ1v) is 13.6. The van der Waals surface area contributed by atoms with Gasteiger partial charge >= 0.3 is 13.9 Å². The average molecular weight is 587 g/mol. The predicted molar refractivity (Wildman–Crippen MR) is 142 cm³/mol. The van der Waals surface area contributed by atoms with Gasteiger partial charge in [0.25, 0.3) is 11.8 Å². The van der Waals surface area contributed by atoms with Gasteiger partial charge in [-0.3, -0.25) is 9.59 Å². The average Bonchev–Trinajstić information content (AvgIpc) is 3.55. The van der Waals surface area contributed by atoms with Gasteiger partial charge < -0.3 is 29.7 Å². The number of rotatable bonds is 10. The zero-order valence-corrected chi connectivity index (χ0v) is 23.0. The molecule has 216 valence electrons. The summed E-state index contributed by atoms with van der Waals surface area (Å²) in [6.45, 7) is 4.15. The van der Waals surface area contributed by atoms with Crippen molar-refractivity contribution in [1.82, 2.24) is 24.7 Å². The van der Waals surface area contributed by atoms with Gasteiger partial charge in [-0.15, -0.1) is 0 Å². The summed E-state index contributed by atoms with van der Waals surface area (Å²) >= 11 is 0. The quantitative estimate of drug-likeness (QED) is 0.155. The third kappa shape index (κ3) is 6.93. The molecular formula is C24H26N7O9P. The molecule has 16 nitrogen and oxygen atoms in total. The number of aromatic nitrogens is 4. The molecule has 3 aromatic heterocycles. The molecule has 4 aromatic rings. The highest BCUT2D eigenvalue weighted by atomic mass is 31.2. The first-order valence-electron chi connectivity index (χ1n) is 12.1. The molecule has 0 atom stereocenters. The summed E-state index contributed by atoms with van der Waals surface area (Å²) in [5.74, 6) is -0.535. The van der Waals surface area contributed by atoms with Crippen LogP contribution in [-0.4, -0.2) is 65.7 Å². The lowest BCUT2D eigenvalue weighted by Crippen LogP contribution is -2.38. The zero-order valence-electron chi connectivity index (χ0n) is 22.1. The number of benzene rings is 1. The van der Waals surface area contributed by atoms with E-state index >= 15 is 0 Å². The highest BCUT2D eigenvalue weighted by Crippen LogP contribution is 2.35. The number of nitrogens with one attached hydrogen (secondary N) is 2. The van der Waals surface area contributed by atoms with Crippen molar-refractivity contribution in [1.29, 1.82) is 0 Å². The van der Waals surface area contributed by atoms with E-state index in [-0.39, 0.29) is 17.9 Å². The van der Waals surface area contributed by atoms with Crippen LogP contribution >= 0.6 is 7.82 Å². The summed E-state index contributed by atoms with van der Waals surface area (Å²) < 4.78 is 25.9. The lowest BCUT2D eigenvalue weighted by Gasteiger charge is -2.19. The van der Waals surface area contributed by atoms with Crippen LogP contribution in [0.4, 0.5) is 22.1 Å². The van der Waals surface area contributed by atoms with E-state index in [1.165, 1.54) is 29.4 Å². The molecule has 0 aliphatic carbocycles. The van der Waals surface area contributed by atoms with Gasteiger partial charge in [-0.25, -0.2) is 28.3 Å². The van der Waals surface area contributed by atoms with E-state index in [0.29, 0.717) is 34.6 Å². The monoisotopic (exact) mass is 587 g/mol. The van der Waals surface area contributed by atoms with Crippen molar-refractivity contribution < 1.29 is 42.5 Å². The molecular weight excluding hydrogens is 561 g/mol. The van der Waals surface area contributed by atoms with E-state index in [2.05, 4.69) is 30.4 Å². The van der Waals surface area contributed by atoms with Crippen LogP contribution in [0.5, 0.6) is 0 Å². The van der Waals surface area contributed by atoms with Crippen LogP contribution in [0.25, 0.3) is 5.52 Å². The molecule has 0 radical (unpaired) electrons. The van der Waals surface area contributed by atoms with Crippen LogP contribution in [0.2, 0.25) is 0 Å². The van der Waals surface area contributed by atoms with E-state index < -0.39 is 32.5 Å². The normalized spacial score (nSPS) is 11.3. The van der Waals surface area contributed by atoms with Crippen LogP contribution in [0.3, 0.4) is 0 Å². The zero-order chi connectivity index (χ0) is 29.7. The number of carbonyl (C=O) groups excluding carboxylic acids is 3. The number of anilines is 3. The van der Waals surface area contributed by atoms with Gasteiger partial charge in [-0.1, -0.05) is 18.1 Å². The maximum absolute atomic E-state index is 13.4. The summed E-state index contributed by atoms with van der Waals surface area (Å²) in [6.07, 6.45) is 3.29. The van der Waals surface area contributed by atoms with Gasteiger partial charge in [0.15, 0.2) is 11.6 Å². The van der Waals surface area contributed by atoms with Crippen LogP contribution in [0, 0.1) is 13.8 Å². The minimum atomic E-state index is -4.87. The number of nitrogens with zero attached hydrogens (tertiary/aromatic N) is 5. The lowest BCUT2D eigenvalue weighted by molar-refractivity contribution is 0.0203. The van der Waals surface area contributed by atoms with Crippen molar-refractivity contribution in [2.75, 3.05) is 24.0 Å². The number of hydrogen-bond acceptors (Lipinski definition) is 11. The minimum Gasteiger partial charge on any atom is -0.421 e. The van der Waals surface area contributed by atoms with E-state index in [1.54, 1.807) is 32.0 Å². The van der Waals surface area contributed by atoms with E-state index in [4.69, 9.17) is 19.0 Å². The van der Waals surface area contributed by atoms with E-state index in [9.17, 15) is 18.9 Å². The second-order valence-electron chi connectivity index (χ2n) is 8.67. The van der Waals surface area contributed by atoms with Gasteiger partial charge in [0.2, 0.25) is 6.79 Å². The summed E-state index contributed by atoms with van der Waals surface area (Å²) in [7, 11) is -4.87. The smallest absolute Gasteiger partial charge is 0.421 e. The summed E-state index contributed by atoms with van der Waals surface area (Å²) in [5, 5.41) is 13.7. The Morgan fingerprint density at radius 3 is 2.66 bits per heavy atom. The highest BCUT2D eigenvalue weighted by molar-refractivity contribution is 7.46. The molecule has 0 saturated heterocycles. The molecule has 1 aromatic carbocycles. The number of phosphoric ester groups is 1. The third-order valence-electron chi connectivity index (χ3n) is 5.81. The Balaban J connectivity index is 1.61. The van der Waals surface area contributed by atoms with Crippen molar-refractivity contribution in [3.05, 3.63) is 65.3 Å². The molecule has 0 aliphatic heterocycles. The van der Waals surface area contributed by atoms with Gasteiger partial charge in [0.05, 0.1) is 5.56 Å². The Morgan fingerprint density at radius 1 is 1.20 bits per heavy atom. The predicted octanol–water partition coefficient (Wildman–Crippen LogP) is 3.39. The van der Waals surface area contributed by atoms with Crippen LogP contribution in [0.15, 0.2) is 47.6 Å². The summed E-state index contributed by atoms with van der Waals surface area (Å²) in [5.41, 5.74) is 2.69. The highest BCUT2D eigenvalue weighted by Gasteiger charge is 2.28. The second-order valence-corrected chi connectivity index (χ2v) is 9.91. The molecule has 4 rings (SSSR count). The SMILES string of the molecule is CCCN(C(=O)OCOP(=O)(O)O)C(=O)c1cn2ncnc(Nc3cc(C(=O)Nc4ccon4)ccc3C)c2c1C. The maximum atomic E-state index is 13.4. The van der Waals surface area contributed by atoms with Gasteiger partial charge in [-0.05, 0) is 43.5 Å². The van der Waals surface area contributed by atoms with Crippen LogP contribution in [0.1, 0.15) is 45.2 Å². The number of imide groups is 1. The van der Waals surface area contributed by atoms with Gasteiger partial charge in [-0.2, -0.15) is 5.10 Å². The largest absolute Gasteiger partial charge is 0.472 e. The topological polar surface area (TPSA) is 211 Å². The summed E-state index contributed by atoms with van der Waals surface area (Å²) in [6, 6.07) is 6.54. The Morgan fingerprint density at radius 2 is 1.98 bits per heavy atom. The third-order valence-corrected chi connectivity index (χ3v) is 6.25. The fraction of sp³-hybridized carbons (Fsp3) is 0.250. The number of carbonyl (C=O) groups is 3. The number of hydrogen-bond donors (Lipinski definition) is 4. The molecule has 41 heavy (non-hydrogen) atoms. The second kappa shape index (κ2) is 12.3. The molecule has 17 heteroatoms. The van der Waals surface area contributed by atoms with Crippen molar-refractivity contribution in [3.8, 4) is 0 Å². The Labute approximate surface area is 232 Å². The van der Waals surface area contributed by atoms with Crippen molar-refractivity contribution in [2.45, 2.75) is 27.2 Å². The molecule has 0 bridgehead atoms. The van der Waals surface area contributed by atoms with Crippen LogP contribution in [-0.2, 0) is 13.8 Å². The molecule has 0 spiro atoms. The molecule has 3 amide bonds. The Bertz CT molecular complexity index is 1630. The molecule has 4 N–H and O–H groups in total. The van der Waals surface area contributed by atoms with Crippen molar-refractivity contribution in [2.24, 2.45) is 0 Å². The number of phosphoric acid groups is 1. The van der Waals surface area contributed by atoms with E-state index in [0.717, 1.165) is 10.5 Å². The Hall–Kier alpha value is -4.63. The molecule has 0 saturated carbocycles. The fourth-order valence-corrected chi connectivity index (χ4v) is 4.02. The van der Waals surface area contributed by atoms with E-state index in [1.807, 2.05) is 6.92 Å². The lowest BCUT2D eigenvalue weighted by atomic mass is 10.1. The molecule has 3 heterocycles. The maximum Gasteiger partial charge on any atom is 0.472 e. The first-order chi connectivity index (χ1) is 19.5. The molecule has 0 fully saturated rings. The molecule has 0 aliphatic rings. The van der Waals surface area contributed by atoms with Crippen molar-refractivity contribution in [3.63, 3.8) is 0 Å². The number of amides is 3. The summed E-state index contributed by atoms with van der Waals surface area (Å²) in [4.78, 5) is 61.3. The minimum absolute atomic E-state index is 0.0294. The van der Waals surface area contributed by atoms with Crippen molar-refractivity contribution >= 4 is 48.6 Å². The fourth-order valence-electron chi connectivity index (χ4n) is 3.83. The first kappa shape index (κ1) is 29.4. The Kier molecular flexibility index (Phi) is 8.78. The number of fused-ring (bicyclic) bond motifs is 1. The molecule has 0 unspecified atom stereocenters.